The van der Waals surface area contributed by atoms with E-state index in [-0.39, 0.29) is 29.3 Å². The number of hydrogen-bond donors (Lipinski definition) is 2. The summed E-state index contributed by atoms with van der Waals surface area (Å²) >= 11 is 6.57. The lowest BCUT2D eigenvalue weighted by molar-refractivity contribution is -0.122. The minimum absolute atomic E-state index is 0.00768. The largest absolute Gasteiger partial charge is 0.446 e. The van der Waals surface area contributed by atoms with Gasteiger partial charge in [0.1, 0.15) is 17.6 Å². The van der Waals surface area contributed by atoms with E-state index in [1.807, 2.05) is 6.07 Å². The summed E-state index contributed by atoms with van der Waals surface area (Å²) in [6.45, 7) is 5.08. The Bertz CT molecular complexity index is 1170. The summed E-state index contributed by atoms with van der Waals surface area (Å²) in [5, 5.41) is 3.33. The number of nitrogens with two attached hydrogens (primary N) is 1. The van der Waals surface area contributed by atoms with Crippen LogP contribution in [0.4, 0.5) is 10.6 Å². The number of nitrogens with one attached hydrogen (secondary N) is 1. The maximum atomic E-state index is 13.0. The average Bonchev–Trinajstić information content (AvgIpc) is 3.27. The second-order valence-electron chi connectivity index (χ2n) is 10.5. The topological polar surface area (TPSA) is 120 Å². The van der Waals surface area contributed by atoms with Crippen LogP contribution in [0.1, 0.15) is 55.7 Å². The van der Waals surface area contributed by atoms with E-state index < -0.39 is 6.09 Å². The Labute approximate surface area is 210 Å². The minimum Gasteiger partial charge on any atom is -0.446 e. The Morgan fingerprint density at radius 2 is 1.97 bits per heavy atom. The van der Waals surface area contributed by atoms with Gasteiger partial charge in [0.2, 0.25) is 5.91 Å². The van der Waals surface area contributed by atoms with Gasteiger partial charge in [0.25, 0.3) is 5.91 Å². The average molecular weight is 502 g/mol. The molecule has 10 heteroatoms. The Kier molecular flexibility index (Phi) is 6.81. The number of ether oxygens (including phenoxy) is 1. The predicted octanol–water partition coefficient (Wildman–Crippen LogP) is 4.08. The second kappa shape index (κ2) is 9.53. The molecule has 0 saturated heterocycles. The lowest BCUT2D eigenvalue weighted by atomic mass is 9.86. The molecule has 0 bridgehead atoms. The standard InChI is InChI=1S/C25H32ClN5O4/c1-25(2)11-20-17(9-19(31(20)13-25)23(33)30(3)4)16-10-21(28-12-18(16)26)29-22(32)14-6-5-7-15(8-14)35-24(27)34/h9-10,12,14-15H,5-8,11,13H2,1-4H3,(H2,27,34)(H,28,29,32)/t14-,15+/m0/s1. The normalized spacial score (nSPS) is 20.7. The number of fused-ring (bicyclic) bond motifs is 1. The molecule has 2 aromatic heterocycles. The van der Waals surface area contributed by atoms with Crippen molar-refractivity contribution >= 4 is 35.3 Å². The van der Waals surface area contributed by atoms with Crippen molar-refractivity contribution in [3.63, 3.8) is 0 Å². The first-order chi connectivity index (χ1) is 16.4. The Morgan fingerprint density at radius 1 is 1.23 bits per heavy atom. The van der Waals surface area contributed by atoms with Crippen LogP contribution in [0.25, 0.3) is 11.1 Å². The first-order valence-corrected chi connectivity index (χ1v) is 12.2. The minimum atomic E-state index is -0.824. The maximum Gasteiger partial charge on any atom is 0.404 e. The molecule has 0 spiro atoms. The fourth-order valence-corrected chi connectivity index (χ4v) is 5.34. The highest BCUT2D eigenvalue weighted by molar-refractivity contribution is 6.33. The second-order valence-corrected chi connectivity index (χ2v) is 10.9. The van der Waals surface area contributed by atoms with Gasteiger partial charge in [-0.25, -0.2) is 9.78 Å². The molecule has 1 aliphatic heterocycles. The molecule has 0 radical (unpaired) electrons. The van der Waals surface area contributed by atoms with E-state index in [1.54, 1.807) is 25.1 Å². The van der Waals surface area contributed by atoms with Crippen LogP contribution in [0.3, 0.4) is 0 Å². The van der Waals surface area contributed by atoms with Gasteiger partial charge >= 0.3 is 6.09 Å². The van der Waals surface area contributed by atoms with Gasteiger partial charge in [-0.05, 0) is 49.7 Å². The molecule has 35 heavy (non-hydrogen) atoms. The smallest absolute Gasteiger partial charge is 0.404 e. The number of pyridine rings is 1. The van der Waals surface area contributed by atoms with Crippen molar-refractivity contribution in [3.05, 3.63) is 34.7 Å². The summed E-state index contributed by atoms with van der Waals surface area (Å²) < 4.78 is 7.18. The first-order valence-electron chi connectivity index (χ1n) is 11.8. The van der Waals surface area contributed by atoms with Crippen LogP contribution >= 0.6 is 11.6 Å². The van der Waals surface area contributed by atoms with Gasteiger partial charge in [-0.3, -0.25) is 9.59 Å². The van der Waals surface area contributed by atoms with Crippen LogP contribution < -0.4 is 11.1 Å². The van der Waals surface area contributed by atoms with Gasteiger partial charge in [-0.15, -0.1) is 0 Å². The van der Waals surface area contributed by atoms with Crippen LogP contribution in [0, 0.1) is 11.3 Å². The number of carbonyl (C=O) groups excluding carboxylic acids is 3. The van der Waals surface area contributed by atoms with E-state index >= 15 is 0 Å². The fraction of sp³-hybridized carbons (Fsp3) is 0.520. The summed E-state index contributed by atoms with van der Waals surface area (Å²) in [5.74, 6) is -0.183. The third kappa shape index (κ3) is 5.29. The summed E-state index contributed by atoms with van der Waals surface area (Å²) in [6.07, 6.45) is 3.72. The lowest BCUT2D eigenvalue weighted by Crippen LogP contribution is -2.33. The van der Waals surface area contributed by atoms with Crippen LogP contribution in [0.5, 0.6) is 0 Å². The monoisotopic (exact) mass is 501 g/mol. The van der Waals surface area contributed by atoms with Gasteiger partial charge in [-0.2, -0.15) is 0 Å². The highest BCUT2D eigenvalue weighted by Gasteiger charge is 2.35. The Morgan fingerprint density at radius 3 is 2.66 bits per heavy atom. The van der Waals surface area contributed by atoms with Crippen LogP contribution in [0.15, 0.2) is 18.3 Å². The van der Waals surface area contributed by atoms with Crippen molar-refractivity contribution in [1.29, 1.82) is 0 Å². The molecule has 1 fully saturated rings. The summed E-state index contributed by atoms with van der Waals surface area (Å²) in [5.41, 5.74) is 8.40. The molecule has 188 valence electrons. The predicted molar refractivity (Wildman–Crippen MR) is 133 cm³/mol. The number of halogens is 1. The number of aromatic nitrogens is 2. The van der Waals surface area contributed by atoms with Crippen LogP contribution in [0.2, 0.25) is 5.02 Å². The molecule has 9 nitrogen and oxygen atoms in total. The van der Waals surface area contributed by atoms with Gasteiger partial charge in [0.05, 0.1) is 5.02 Å². The van der Waals surface area contributed by atoms with E-state index in [0.717, 1.165) is 36.2 Å². The molecule has 1 saturated carbocycles. The molecule has 3 N–H and O–H groups in total. The number of nitrogens with zero attached hydrogens (tertiary/aromatic N) is 3. The maximum absolute atomic E-state index is 13.0. The summed E-state index contributed by atoms with van der Waals surface area (Å²) in [4.78, 5) is 42.8. The molecule has 3 heterocycles. The highest BCUT2D eigenvalue weighted by atomic mass is 35.5. The molecule has 3 amide bonds. The van der Waals surface area contributed by atoms with E-state index in [9.17, 15) is 14.4 Å². The van der Waals surface area contributed by atoms with Crippen molar-refractivity contribution < 1.29 is 19.1 Å². The van der Waals surface area contributed by atoms with Crippen molar-refractivity contribution in [3.8, 4) is 11.1 Å². The zero-order chi connectivity index (χ0) is 25.5. The molecule has 0 aromatic carbocycles. The zero-order valence-corrected chi connectivity index (χ0v) is 21.3. The van der Waals surface area contributed by atoms with Crippen molar-refractivity contribution in [1.82, 2.24) is 14.5 Å². The number of rotatable bonds is 5. The third-order valence-electron chi connectivity index (χ3n) is 6.74. The van der Waals surface area contributed by atoms with Crippen LogP contribution in [-0.2, 0) is 22.5 Å². The molecular weight excluding hydrogens is 470 g/mol. The number of anilines is 1. The van der Waals surface area contributed by atoms with E-state index in [0.29, 0.717) is 35.8 Å². The van der Waals surface area contributed by atoms with E-state index in [4.69, 9.17) is 22.1 Å². The zero-order valence-electron chi connectivity index (χ0n) is 20.6. The van der Waals surface area contributed by atoms with Gasteiger partial charge < -0.3 is 25.3 Å². The van der Waals surface area contributed by atoms with Gasteiger partial charge in [0.15, 0.2) is 0 Å². The molecular formula is C25H32ClN5O4. The fourth-order valence-electron chi connectivity index (χ4n) is 5.13. The van der Waals surface area contributed by atoms with Crippen LogP contribution in [-0.4, -0.2) is 52.6 Å². The third-order valence-corrected chi connectivity index (χ3v) is 7.04. The number of carbonyl (C=O) groups is 3. The number of amides is 3. The lowest BCUT2D eigenvalue weighted by Gasteiger charge is -2.27. The molecule has 2 aromatic rings. The van der Waals surface area contributed by atoms with Crippen molar-refractivity contribution in [2.45, 2.75) is 58.6 Å². The van der Waals surface area contributed by atoms with E-state index in [1.165, 1.54) is 6.20 Å². The molecule has 4 rings (SSSR count). The van der Waals surface area contributed by atoms with Gasteiger partial charge in [0, 0.05) is 49.6 Å². The van der Waals surface area contributed by atoms with Gasteiger partial charge in [-0.1, -0.05) is 25.4 Å². The highest BCUT2D eigenvalue weighted by Crippen LogP contribution is 2.42. The molecule has 0 unspecified atom stereocenters. The molecule has 2 atom stereocenters. The quantitative estimate of drug-likeness (QED) is 0.639. The van der Waals surface area contributed by atoms with Crippen molar-refractivity contribution in [2.75, 3.05) is 19.4 Å². The number of hydrogen-bond acceptors (Lipinski definition) is 5. The molecule has 1 aliphatic carbocycles. The Balaban J connectivity index is 1.61. The Hall–Kier alpha value is -3.07. The summed E-state index contributed by atoms with van der Waals surface area (Å²) in [6, 6.07) is 3.64. The molecule has 2 aliphatic rings. The summed E-state index contributed by atoms with van der Waals surface area (Å²) in [7, 11) is 3.47. The number of primary amides is 1. The first kappa shape index (κ1) is 25.0. The van der Waals surface area contributed by atoms with Crippen molar-refractivity contribution in [2.24, 2.45) is 17.1 Å². The SMILES string of the molecule is CN(C)C(=O)c1cc(-c2cc(NC(=O)[C@H]3CCC[C@@H](OC(N)=O)C3)ncc2Cl)c2n1CC(C)(C)C2. The van der Waals surface area contributed by atoms with E-state index in [2.05, 4.69) is 28.7 Å².